The molecule has 1 saturated carbocycles. The van der Waals surface area contributed by atoms with Crippen molar-refractivity contribution >= 4 is 5.97 Å². The van der Waals surface area contributed by atoms with E-state index in [4.69, 9.17) is 11.2 Å². The molecule has 0 amide bonds. The largest absolute Gasteiger partial charge is 0.456 e. The predicted molar refractivity (Wildman–Crippen MR) is 68.0 cm³/mol. The number of esters is 1. The van der Waals surface area contributed by atoms with E-state index >= 15 is 0 Å². The smallest absolute Gasteiger partial charge is 0.356 e. The third-order valence-corrected chi connectivity index (χ3v) is 3.14. The minimum atomic E-state index is -0.315. The molecule has 0 bridgehead atoms. The third kappa shape index (κ3) is 2.73. The van der Waals surface area contributed by atoms with Crippen molar-refractivity contribution < 1.29 is 9.53 Å². The van der Waals surface area contributed by atoms with Gasteiger partial charge in [0.1, 0.15) is 11.8 Å². The van der Waals surface area contributed by atoms with Gasteiger partial charge in [-0.3, -0.25) is 4.68 Å². The number of ether oxygens (including phenoxy) is 1. The molecule has 1 aromatic rings. The maximum absolute atomic E-state index is 12.1. The quantitative estimate of drug-likeness (QED) is 0.591. The van der Waals surface area contributed by atoms with E-state index in [1.807, 2.05) is 13.8 Å². The minimum absolute atomic E-state index is 0.136. The third-order valence-electron chi connectivity index (χ3n) is 3.14. The summed E-state index contributed by atoms with van der Waals surface area (Å²) < 4.78 is 7.18. The molecule has 0 radical (unpaired) electrons. The Hall–Kier alpha value is -1.76. The van der Waals surface area contributed by atoms with Crippen LogP contribution in [-0.4, -0.2) is 21.9 Å². The molecule has 0 aliphatic heterocycles. The molecule has 0 aromatic carbocycles. The number of hydrogen-bond donors (Lipinski definition) is 0. The molecule has 96 valence electrons. The van der Waals surface area contributed by atoms with Crippen molar-refractivity contribution in [3.63, 3.8) is 0 Å². The molecule has 1 aromatic heterocycles. The van der Waals surface area contributed by atoms with E-state index in [2.05, 4.69) is 11.0 Å². The molecule has 1 atom stereocenters. The lowest BCUT2D eigenvalue weighted by atomic mass is 10.2. The monoisotopic (exact) mass is 246 g/mol. The lowest BCUT2D eigenvalue weighted by Gasteiger charge is -2.15. The topological polar surface area (TPSA) is 44.1 Å². The Morgan fingerprint density at radius 1 is 1.72 bits per heavy atom. The summed E-state index contributed by atoms with van der Waals surface area (Å²) in [6.07, 6.45) is 7.88. The van der Waals surface area contributed by atoms with E-state index < -0.39 is 0 Å². The fourth-order valence-electron chi connectivity index (χ4n) is 2.04. The van der Waals surface area contributed by atoms with Crippen molar-refractivity contribution in [3.05, 3.63) is 17.5 Å². The summed E-state index contributed by atoms with van der Waals surface area (Å²) in [6, 6.07) is 1.76. The Morgan fingerprint density at radius 3 is 3.00 bits per heavy atom. The van der Waals surface area contributed by atoms with Crippen LogP contribution in [0.15, 0.2) is 6.07 Å². The second kappa shape index (κ2) is 5.26. The van der Waals surface area contributed by atoms with Gasteiger partial charge in [-0.25, -0.2) is 4.79 Å². The van der Waals surface area contributed by atoms with Crippen LogP contribution in [0.5, 0.6) is 0 Å². The number of hydrogen-bond acceptors (Lipinski definition) is 3. The maximum atomic E-state index is 12.1. The molecular formula is C14H18N2O2. The van der Waals surface area contributed by atoms with Gasteiger partial charge in [-0.2, -0.15) is 5.10 Å². The Bertz CT molecular complexity index is 480. The van der Waals surface area contributed by atoms with E-state index in [1.54, 1.807) is 10.7 Å². The molecule has 18 heavy (non-hydrogen) atoms. The second-order valence-corrected chi connectivity index (χ2v) is 4.68. The molecule has 1 heterocycles. The van der Waals surface area contributed by atoms with Crippen LogP contribution >= 0.6 is 0 Å². The Kier molecular flexibility index (Phi) is 3.71. The zero-order valence-corrected chi connectivity index (χ0v) is 10.8. The van der Waals surface area contributed by atoms with E-state index in [1.165, 1.54) is 0 Å². The van der Waals surface area contributed by atoms with Crippen molar-refractivity contribution in [2.24, 2.45) is 5.92 Å². The van der Waals surface area contributed by atoms with Crippen LogP contribution in [0.1, 0.15) is 42.4 Å². The molecule has 0 N–H and O–H groups in total. The highest BCUT2D eigenvalue weighted by atomic mass is 16.5. The average Bonchev–Trinajstić information content (AvgIpc) is 3.11. The summed E-state index contributed by atoms with van der Waals surface area (Å²) in [6.45, 7) is 4.47. The summed E-state index contributed by atoms with van der Waals surface area (Å²) in [5.41, 5.74) is 1.33. The van der Waals surface area contributed by atoms with Crippen molar-refractivity contribution in [2.45, 2.75) is 45.8 Å². The van der Waals surface area contributed by atoms with Crippen molar-refractivity contribution in [2.75, 3.05) is 0 Å². The van der Waals surface area contributed by atoms with Crippen LogP contribution in [0.25, 0.3) is 0 Å². The Morgan fingerprint density at radius 2 is 2.44 bits per heavy atom. The predicted octanol–water partition coefficient (Wildman–Crippen LogP) is 2.17. The van der Waals surface area contributed by atoms with Crippen LogP contribution < -0.4 is 0 Å². The summed E-state index contributed by atoms with van der Waals surface area (Å²) in [5.74, 6) is 2.71. The van der Waals surface area contributed by atoms with Gasteiger partial charge in [-0.1, -0.05) is 0 Å². The van der Waals surface area contributed by atoms with Crippen LogP contribution in [0.2, 0.25) is 0 Å². The summed E-state index contributed by atoms with van der Waals surface area (Å²) >= 11 is 0. The number of aromatic nitrogens is 2. The Balaban J connectivity index is 2.08. The zero-order chi connectivity index (χ0) is 13.1. The normalized spacial score (nSPS) is 16.1. The van der Waals surface area contributed by atoms with Gasteiger partial charge in [0.05, 0.1) is 5.69 Å². The maximum Gasteiger partial charge on any atom is 0.356 e. The van der Waals surface area contributed by atoms with Crippen molar-refractivity contribution in [1.29, 1.82) is 0 Å². The summed E-state index contributed by atoms with van der Waals surface area (Å²) in [7, 11) is 0. The van der Waals surface area contributed by atoms with E-state index in [0.29, 0.717) is 24.6 Å². The summed E-state index contributed by atoms with van der Waals surface area (Å²) in [5, 5.41) is 4.24. The van der Waals surface area contributed by atoms with Gasteiger partial charge >= 0.3 is 5.97 Å². The van der Waals surface area contributed by atoms with Crippen molar-refractivity contribution in [3.8, 4) is 12.3 Å². The first-order chi connectivity index (χ1) is 8.65. The highest BCUT2D eigenvalue weighted by Crippen LogP contribution is 2.36. The van der Waals surface area contributed by atoms with Crippen LogP contribution in [-0.2, 0) is 11.3 Å². The number of terminal acetylenes is 1. The molecule has 0 spiro atoms. The molecule has 2 rings (SSSR count). The molecule has 0 unspecified atom stereocenters. The van der Waals surface area contributed by atoms with Gasteiger partial charge in [0.2, 0.25) is 0 Å². The first-order valence-corrected chi connectivity index (χ1v) is 6.34. The molecule has 1 aliphatic carbocycles. The zero-order valence-electron chi connectivity index (χ0n) is 10.8. The average molecular weight is 246 g/mol. The van der Waals surface area contributed by atoms with Gasteiger partial charge in [-0.05, 0) is 38.7 Å². The lowest BCUT2D eigenvalue weighted by molar-refractivity contribution is 0.0247. The highest BCUT2D eigenvalue weighted by molar-refractivity contribution is 5.87. The van der Waals surface area contributed by atoms with Gasteiger partial charge in [0, 0.05) is 13.0 Å². The highest BCUT2D eigenvalue weighted by Gasteiger charge is 2.34. The number of aryl methyl sites for hydroxylation is 2. The first-order valence-electron chi connectivity index (χ1n) is 6.34. The fourth-order valence-corrected chi connectivity index (χ4v) is 2.04. The number of rotatable bonds is 5. The van der Waals surface area contributed by atoms with Crippen LogP contribution in [0, 0.1) is 25.2 Å². The van der Waals surface area contributed by atoms with E-state index in [9.17, 15) is 4.79 Å². The number of nitrogens with zero attached hydrogens (tertiary/aromatic N) is 2. The molecule has 1 aliphatic rings. The molecule has 1 fully saturated rings. The molecule has 4 nitrogen and oxygen atoms in total. The second-order valence-electron chi connectivity index (χ2n) is 4.68. The standard InChI is InChI=1S/C14H18N2O2/c1-4-6-13(11-7-8-11)18-14(17)12-9-10(3)15-16(12)5-2/h1,9,11,13H,5-8H2,2-3H3/t13-/m0/s1. The lowest BCUT2D eigenvalue weighted by Crippen LogP contribution is -2.22. The minimum Gasteiger partial charge on any atom is -0.456 e. The fraction of sp³-hybridized carbons (Fsp3) is 0.571. The van der Waals surface area contributed by atoms with Gasteiger partial charge < -0.3 is 4.74 Å². The number of carbonyl (C=O) groups is 1. The molecule has 4 heteroatoms. The van der Waals surface area contributed by atoms with Crippen LogP contribution in [0.3, 0.4) is 0 Å². The van der Waals surface area contributed by atoms with Crippen LogP contribution in [0.4, 0.5) is 0 Å². The van der Waals surface area contributed by atoms with E-state index in [0.717, 1.165) is 18.5 Å². The van der Waals surface area contributed by atoms with Gasteiger partial charge in [-0.15, -0.1) is 12.3 Å². The summed E-state index contributed by atoms with van der Waals surface area (Å²) in [4.78, 5) is 12.1. The van der Waals surface area contributed by atoms with Gasteiger partial charge in [0.25, 0.3) is 0 Å². The molecular weight excluding hydrogens is 228 g/mol. The Labute approximate surface area is 107 Å². The molecule has 0 saturated heterocycles. The van der Waals surface area contributed by atoms with Crippen molar-refractivity contribution in [1.82, 2.24) is 9.78 Å². The van der Waals surface area contributed by atoms with E-state index in [-0.39, 0.29) is 12.1 Å². The van der Waals surface area contributed by atoms with Gasteiger partial charge in [0.15, 0.2) is 0 Å². The SMILES string of the molecule is C#CC[C@H](OC(=O)c1cc(C)nn1CC)C1CC1. The first kappa shape index (κ1) is 12.7. The number of carbonyl (C=O) groups excluding carboxylic acids is 1.